The number of fused-ring (bicyclic) bond motifs is 2. The summed E-state index contributed by atoms with van der Waals surface area (Å²) in [6, 6.07) is 15.4. The largest absolute Gasteiger partial charge is 0.338 e. The van der Waals surface area contributed by atoms with Gasteiger partial charge in [-0.3, -0.25) is 4.79 Å². The fraction of sp³-hybridized carbons (Fsp3) is 0.190. The van der Waals surface area contributed by atoms with Crippen LogP contribution in [0.2, 0.25) is 5.02 Å². The first-order chi connectivity index (χ1) is 13.6. The van der Waals surface area contributed by atoms with Crippen LogP contribution in [-0.2, 0) is 6.42 Å². The van der Waals surface area contributed by atoms with Crippen molar-refractivity contribution in [2.75, 3.05) is 5.32 Å². The summed E-state index contributed by atoms with van der Waals surface area (Å²) >= 11 is 7.56. The van der Waals surface area contributed by atoms with Gasteiger partial charge >= 0.3 is 0 Å². The third-order valence-electron chi connectivity index (χ3n) is 4.91. The lowest BCUT2D eigenvalue weighted by Gasteiger charge is -2.18. The lowest BCUT2D eigenvalue weighted by Crippen LogP contribution is -2.19. The summed E-state index contributed by atoms with van der Waals surface area (Å²) in [5.74, 6) is 0.985. The molecule has 1 aliphatic rings. The van der Waals surface area contributed by atoms with Crippen molar-refractivity contribution in [1.29, 1.82) is 0 Å². The molecule has 1 atom stereocenters. The fourth-order valence-corrected chi connectivity index (χ4v) is 4.69. The fourth-order valence-electron chi connectivity index (χ4n) is 3.62. The maximum atomic E-state index is 12.8. The summed E-state index contributed by atoms with van der Waals surface area (Å²) in [5, 5.41) is 9.50. The summed E-state index contributed by atoms with van der Waals surface area (Å²) < 4.78 is 2.94. The third-order valence-corrected chi connectivity index (χ3v) is 6.17. The number of ketones is 1. The minimum Gasteiger partial charge on any atom is -0.338 e. The van der Waals surface area contributed by atoms with Crippen molar-refractivity contribution in [1.82, 2.24) is 14.8 Å². The summed E-state index contributed by atoms with van der Waals surface area (Å²) in [5.41, 5.74) is 3.38. The summed E-state index contributed by atoms with van der Waals surface area (Å²) in [6.45, 7) is 2.10. The molecule has 1 unspecified atom stereocenters. The highest BCUT2D eigenvalue weighted by atomic mass is 35.5. The van der Waals surface area contributed by atoms with Crippen LogP contribution in [0.15, 0.2) is 48.5 Å². The van der Waals surface area contributed by atoms with E-state index in [0.29, 0.717) is 22.8 Å². The van der Waals surface area contributed by atoms with E-state index in [2.05, 4.69) is 12.2 Å². The van der Waals surface area contributed by atoms with Crippen LogP contribution in [0.3, 0.4) is 0 Å². The van der Waals surface area contributed by atoms with Gasteiger partial charge in [-0.1, -0.05) is 42.0 Å². The number of nitrogens with zero attached hydrogens (tertiary/aromatic N) is 3. The van der Waals surface area contributed by atoms with Crippen LogP contribution in [0.1, 0.15) is 29.4 Å². The Morgan fingerprint density at radius 1 is 1.14 bits per heavy atom. The highest BCUT2D eigenvalue weighted by molar-refractivity contribution is 7.20. The van der Waals surface area contributed by atoms with Crippen molar-refractivity contribution in [2.24, 2.45) is 5.92 Å². The molecular formula is C21H17ClN4OS. The number of halogens is 1. The van der Waals surface area contributed by atoms with E-state index in [1.54, 1.807) is 11.3 Å². The van der Waals surface area contributed by atoms with E-state index >= 15 is 0 Å². The molecule has 4 aromatic rings. The molecule has 0 amide bonds. The summed E-state index contributed by atoms with van der Waals surface area (Å²) in [6.07, 6.45) is 1.33. The van der Waals surface area contributed by atoms with Crippen LogP contribution in [0.4, 0.5) is 11.5 Å². The van der Waals surface area contributed by atoms with Gasteiger partial charge in [-0.25, -0.2) is 9.67 Å². The number of hydrogen-bond acceptors (Lipinski definition) is 5. The Balaban J connectivity index is 1.64. The number of nitrogens with one attached hydrogen (secondary N) is 1. The minimum atomic E-state index is 0.123. The zero-order valence-electron chi connectivity index (χ0n) is 15.1. The molecule has 0 saturated carbocycles. The van der Waals surface area contributed by atoms with Crippen molar-refractivity contribution in [3.8, 4) is 5.13 Å². The number of anilines is 2. The van der Waals surface area contributed by atoms with E-state index in [1.165, 1.54) is 0 Å². The topological polar surface area (TPSA) is 59.8 Å². The normalized spacial score (nSPS) is 16.4. The van der Waals surface area contributed by atoms with Crippen LogP contribution >= 0.6 is 22.9 Å². The second-order valence-corrected chi connectivity index (χ2v) is 8.56. The zero-order chi connectivity index (χ0) is 19.3. The number of carbonyl (C=O) groups excluding carboxylic acids is 1. The second-order valence-electron chi connectivity index (χ2n) is 7.11. The number of benzene rings is 2. The maximum Gasteiger partial charge on any atom is 0.211 e. The SMILES string of the molecule is CC1CC(=O)c2c(Nc3ccc(Cl)cc3)nn(-c3nc4ccccc4s3)c2C1. The second kappa shape index (κ2) is 6.72. The van der Waals surface area contributed by atoms with Gasteiger partial charge in [0, 0.05) is 17.1 Å². The molecule has 5 rings (SSSR count). The average Bonchev–Trinajstić information content (AvgIpc) is 3.25. The van der Waals surface area contributed by atoms with Gasteiger partial charge < -0.3 is 5.32 Å². The molecule has 1 aliphatic carbocycles. The first-order valence-corrected chi connectivity index (χ1v) is 10.3. The Labute approximate surface area is 171 Å². The highest BCUT2D eigenvalue weighted by Gasteiger charge is 2.31. The van der Waals surface area contributed by atoms with Gasteiger partial charge in [-0.15, -0.1) is 5.10 Å². The lowest BCUT2D eigenvalue weighted by molar-refractivity contribution is 0.0953. The Morgan fingerprint density at radius 2 is 1.93 bits per heavy atom. The third kappa shape index (κ3) is 2.99. The van der Waals surface area contributed by atoms with Gasteiger partial charge in [0.05, 0.1) is 21.5 Å². The van der Waals surface area contributed by atoms with Gasteiger partial charge in [0.15, 0.2) is 11.6 Å². The quantitative estimate of drug-likeness (QED) is 0.476. The Bertz CT molecular complexity index is 1160. The zero-order valence-corrected chi connectivity index (χ0v) is 16.7. The van der Waals surface area contributed by atoms with Crippen LogP contribution in [-0.4, -0.2) is 20.5 Å². The van der Waals surface area contributed by atoms with E-state index in [0.717, 1.165) is 33.2 Å². The van der Waals surface area contributed by atoms with E-state index in [9.17, 15) is 4.79 Å². The molecule has 28 heavy (non-hydrogen) atoms. The molecule has 0 radical (unpaired) electrons. The number of Topliss-reactive ketones (excluding diaryl/α,β-unsaturated/α-hetero) is 1. The summed E-state index contributed by atoms with van der Waals surface area (Å²) in [4.78, 5) is 17.6. The van der Waals surface area contributed by atoms with E-state index in [4.69, 9.17) is 21.7 Å². The lowest BCUT2D eigenvalue weighted by atomic mass is 9.88. The molecule has 0 aliphatic heterocycles. The smallest absolute Gasteiger partial charge is 0.211 e. The van der Waals surface area contributed by atoms with Gasteiger partial charge in [-0.05, 0) is 48.7 Å². The van der Waals surface area contributed by atoms with Gasteiger partial charge in [0.1, 0.15) is 0 Å². The number of carbonyl (C=O) groups is 1. The maximum absolute atomic E-state index is 12.8. The molecular weight excluding hydrogens is 392 g/mol. The first kappa shape index (κ1) is 17.4. The molecule has 5 nitrogen and oxygen atoms in total. The Kier molecular flexibility index (Phi) is 4.18. The van der Waals surface area contributed by atoms with Crippen molar-refractivity contribution in [3.63, 3.8) is 0 Å². The van der Waals surface area contributed by atoms with Gasteiger partial charge in [0.2, 0.25) is 5.13 Å². The summed E-state index contributed by atoms with van der Waals surface area (Å²) in [7, 11) is 0. The monoisotopic (exact) mass is 408 g/mol. The van der Waals surface area contributed by atoms with E-state index < -0.39 is 0 Å². The molecule has 0 spiro atoms. The molecule has 140 valence electrons. The van der Waals surface area contributed by atoms with Gasteiger partial charge in [0.25, 0.3) is 0 Å². The first-order valence-electron chi connectivity index (χ1n) is 9.12. The number of thiazole rings is 1. The predicted molar refractivity (Wildman–Crippen MR) is 113 cm³/mol. The predicted octanol–water partition coefficient (Wildman–Crippen LogP) is 5.64. The molecule has 2 heterocycles. The molecule has 0 saturated heterocycles. The van der Waals surface area contributed by atoms with Crippen molar-refractivity contribution in [3.05, 3.63) is 64.8 Å². The van der Waals surface area contributed by atoms with Crippen LogP contribution in [0.25, 0.3) is 15.3 Å². The molecule has 0 fully saturated rings. The van der Waals surface area contributed by atoms with Crippen molar-refractivity contribution < 1.29 is 4.79 Å². The molecule has 7 heteroatoms. The highest BCUT2D eigenvalue weighted by Crippen LogP contribution is 2.35. The van der Waals surface area contributed by atoms with Crippen molar-refractivity contribution >= 4 is 50.4 Å². The number of para-hydroxylation sites is 1. The molecule has 1 N–H and O–H groups in total. The Morgan fingerprint density at radius 3 is 2.71 bits per heavy atom. The standard InChI is InChI=1S/C21H17ClN4OS/c1-12-10-16-19(17(27)11-12)20(23-14-8-6-13(22)7-9-14)25-26(16)21-24-15-4-2-3-5-18(15)28-21/h2-9,12H,10-11H2,1H3,(H,23,25). The number of hydrogen-bond donors (Lipinski definition) is 1. The van der Waals surface area contributed by atoms with Crippen molar-refractivity contribution in [2.45, 2.75) is 19.8 Å². The molecule has 2 aromatic carbocycles. The van der Waals surface area contributed by atoms with E-state index in [-0.39, 0.29) is 11.7 Å². The van der Waals surface area contributed by atoms with Crippen LogP contribution in [0, 0.1) is 5.92 Å². The minimum absolute atomic E-state index is 0.123. The average molecular weight is 409 g/mol. The van der Waals surface area contributed by atoms with Gasteiger partial charge in [-0.2, -0.15) is 0 Å². The molecule has 0 bridgehead atoms. The molecule has 2 aromatic heterocycles. The van der Waals surface area contributed by atoms with Crippen LogP contribution < -0.4 is 5.32 Å². The number of rotatable bonds is 3. The number of aromatic nitrogens is 3. The Hall–Kier alpha value is -2.70. The van der Waals surface area contributed by atoms with Crippen LogP contribution in [0.5, 0.6) is 0 Å². The van der Waals surface area contributed by atoms with E-state index in [1.807, 2.05) is 53.2 Å².